The summed E-state index contributed by atoms with van der Waals surface area (Å²) in [7, 11) is 0. The molecule has 0 heterocycles. The largest absolute Gasteiger partial charge is 0.390 e. The van der Waals surface area contributed by atoms with E-state index in [4.69, 9.17) is 0 Å². The molecule has 0 aromatic rings. The van der Waals surface area contributed by atoms with Crippen molar-refractivity contribution < 1.29 is 10.2 Å². The number of hydrogen-bond acceptors (Lipinski definition) is 2. The molecule has 0 bridgehead atoms. The Morgan fingerprint density at radius 2 is 1.97 bits per heavy atom. The van der Waals surface area contributed by atoms with E-state index in [2.05, 4.69) is 40.3 Å². The van der Waals surface area contributed by atoms with Crippen molar-refractivity contribution in [3.63, 3.8) is 0 Å². The number of hydrogen-bond donors (Lipinski definition) is 2. The van der Waals surface area contributed by atoms with E-state index in [1.807, 2.05) is 19.9 Å². The Morgan fingerprint density at radius 1 is 1.25 bits per heavy atom. The minimum atomic E-state index is -0.609. The van der Waals surface area contributed by atoms with Crippen LogP contribution in [0.2, 0.25) is 0 Å². The van der Waals surface area contributed by atoms with Gasteiger partial charge in [-0.25, -0.2) is 0 Å². The van der Waals surface area contributed by atoms with Gasteiger partial charge in [0.1, 0.15) is 0 Å². The number of rotatable bonds is 9. The average Bonchev–Trinajstić information content (AvgIpc) is 3.08. The van der Waals surface area contributed by atoms with Gasteiger partial charge in [-0.2, -0.15) is 0 Å². The first-order valence-corrected chi connectivity index (χ1v) is 13.6. The van der Waals surface area contributed by atoms with Crippen LogP contribution >= 0.6 is 0 Å². The van der Waals surface area contributed by atoms with E-state index in [0.29, 0.717) is 17.8 Å². The second-order valence-electron chi connectivity index (χ2n) is 13.3. The molecule has 0 aromatic carbocycles. The second kappa shape index (κ2) is 9.57. The summed E-state index contributed by atoms with van der Waals surface area (Å²) in [5, 5.41) is 21.3. The lowest BCUT2D eigenvalue weighted by Crippen LogP contribution is -2.45. The molecule has 2 N–H and O–H groups in total. The molecule has 2 fully saturated rings. The Balaban J connectivity index is 1.65. The van der Waals surface area contributed by atoms with Crippen molar-refractivity contribution in [2.24, 2.45) is 34.5 Å². The molecule has 0 aliphatic heterocycles. The van der Waals surface area contributed by atoms with E-state index in [1.165, 1.54) is 38.5 Å². The van der Waals surface area contributed by atoms with Crippen molar-refractivity contribution in [2.45, 2.75) is 130 Å². The molecule has 8 atom stereocenters. The highest BCUT2D eigenvalue weighted by Crippen LogP contribution is 2.58. The summed E-state index contributed by atoms with van der Waals surface area (Å²) in [5.74, 6) is 2.91. The molecule has 0 amide bonds. The summed E-state index contributed by atoms with van der Waals surface area (Å²) in [5.41, 5.74) is 1.13. The number of aliphatic hydroxyl groups is 2. The average molecular weight is 445 g/mol. The standard InChI is InChI=1S/C30H52O2/c1-8-15-28(5,31)18-13-23(3)25-10-9-16-27(25,4)17-14-26-22(2)11-12-24-21-29(6,32)19-20-30(24,26)7/h8,12,22-23,25-26,31-32H,1,9-11,13-21H2,2-7H3/t22-,23-,25-,26+,27-,28?,29+,30+/m1/s1. The van der Waals surface area contributed by atoms with Crippen molar-refractivity contribution in [3.8, 4) is 0 Å². The third kappa shape index (κ3) is 5.54. The lowest BCUT2D eigenvalue weighted by molar-refractivity contribution is -0.0168. The molecule has 2 nitrogen and oxygen atoms in total. The van der Waals surface area contributed by atoms with Crippen LogP contribution in [0.4, 0.5) is 0 Å². The minimum Gasteiger partial charge on any atom is -0.390 e. The predicted octanol–water partition coefficient (Wildman–Crippen LogP) is 7.84. The van der Waals surface area contributed by atoms with Gasteiger partial charge in [0, 0.05) is 0 Å². The molecule has 32 heavy (non-hydrogen) atoms. The molecule has 2 saturated carbocycles. The van der Waals surface area contributed by atoms with E-state index in [-0.39, 0.29) is 5.41 Å². The maximum absolute atomic E-state index is 10.7. The van der Waals surface area contributed by atoms with Gasteiger partial charge in [-0.1, -0.05) is 51.8 Å². The van der Waals surface area contributed by atoms with Crippen molar-refractivity contribution in [3.05, 3.63) is 24.3 Å². The summed E-state index contributed by atoms with van der Waals surface area (Å²) in [6.45, 7) is 17.8. The fourth-order valence-electron chi connectivity index (χ4n) is 8.02. The Labute approximate surface area is 199 Å². The predicted molar refractivity (Wildman–Crippen MR) is 136 cm³/mol. The third-order valence-electron chi connectivity index (χ3n) is 10.3. The van der Waals surface area contributed by atoms with E-state index < -0.39 is 11.2 Å². The number of fused-ring (bicyclic) bond motifs is 1. The Bertz CT molecular complexity index is 689. The smallest absolute Gasteiger partial charge is 0.0657 e. The zero-order valence-electron chi connectivity index (χ0n) is 22.1. The summed E-state index contributed by atoms with van der Waals surface area (Å²) >= 11 is 0. The zero-order valence-corrected chi connectivity index (χ0v) is 22.1. The van der Waals surface area contributed by atoms with Gasteiger partial charge in [-0.15, -0.1) is 6.58 Å². The van der Waals surface area contributed by atoms with Crippen LogP contribution in [0.25, 0.3) is 0 Å². The lowest BCUT2D eigenvalue weighted by Gasteiger charge is -2.52. The van der Waals surface area contributed by atoms with Gasteiger partial charge < -0.3 is 10.2 Å². The highest BCUT2D eigenvalue weighted by molar-refractivity contribution is 5.24. The fourth-order valence-corrected chi connectivity index (χ4v) is 8.02. The first-order valence-electron chi connectivity index (χ1n) is 13.6. The molecule has 1 unspecified atom stereocenters. The SMILES string of the molecule is C=CCC(C)(O)CC[C@@H](C)[C@H]1CCC[C@]1(C)CC[C@H]1[C@H](C)CC=C2C[C@@](C)(O)CC[C@@]21C. The summed E-state index contributed by atoms with van der Waals surface area (Å²) < 4.78 is 0. The minimum absolute atomic E-state index is 0.277. The molecule has 0 aromatic heterocycles. The molecule has 0 radical (unpaired) electrons. The van der Waals surface area contributed by atoms with Crippen molar-refractivity contribution in [2.75, 3.05) is 0 Å². The Morgan fingerprint density at radius 3 is 2.66 bits per heavy atom. The Kier molecular flexibility index (Phi) is 7.78. The quantitative estimate of drug-likeness (QED) is 0.356. The van der Waals surface area contributed by atoms with Crippen LogP contribution in [0.3, 0.4) is 0 Å². The first-order chi connectivity index (χ1) is 14.8. The van der Waals surface area contributed by atoms with Gasteiger partial charge in [0.15, 0.2) is 0 Å². The normalized spacial score (nSPS) is 42.6. The van der Waals surface area contributed by atoms with Gasteiger partial charge in [0.2, 0.25) is 0 Å². The van der Waals surface area contributed by atoms with Crippen LogP contribution in [-0.2, 0) is 0 Å². The monoisotopic (exact) mass is 444 g/mol. The molecule has 184 valence electrons. The third-order valence-corrected chi connectivity index (χ3v) is 10.3. The summed E-state index contributed by atoms with van der Waals surface area (Å²) in [6, 6.07) is 0. The zero-order chi connectivity index (χ0) is 23.8. The van der Waals surface area contributed by atoms with Crippen molar-refractivity contribution >= 4 is 0 Å². The molecule has 3 aliphatic carbocycles. The molecule has 0 saturated heterocycles. The van der Waals surface area contributed by atoms with Crippen LogP contribution in [0, 0.1) is 34.5 Å². The molecule has 3 rings (SSSR count). The van der Waals surface area contributed by atoms with Crippen LogP contribution in [0.5, 0.6) is 0 Å². The van der Waals surface area contributed by atoms with Crippen molar-refractivity contribution in [1.82, 2.24) is 0 Å². The Hall–Kier alpha value is -0.600. The van der Waals surface area contributed by atoms with Crippen LogP contribution in [-0.4, -0.2) is 21.4 Å². The van der Waals surface area contributed by atoms with E-state index >= 15 is 0 Å². The highest BCUT2D eigenvalue weighted by Gasteiger charge is 2.49. The fraction of sp³-hybridized carbons (Fsp3) is 0.867. The molecular formula is C30H52O2. The van der Waals surface area contributed by atoms with Crippen LogP contribution < -0.4 is 0 Å². The van der Waals surface area contributed by atoms with E-state index in [1.54, 1.807) is 5.57 Å². The van der Waals surface area contributed by atoms with Gasteiger partial charge in [-0.05, 0) is 119 Å². The van der Waals surface area contributed by atoms with Crippen LogP contribution in [0.1, 0.15) is 119 Å². The first kappa shape index (κ1) is 26.0. The molecule has 2 heteroatoms. The maximum atomic E-state index is 10.7. The maximum Gasteiger partial charge on any atom is 0.0657 e. The molecule has 3 aliphatic rings. The second-order valence-corrected chi connectivity index (χ2v) is 13.3. The van der Waals surface area contributed by atoms with Crippen molar-refractivity contribution in [1.29, 1.82) is 0 Å². The number of allylic oxidation sites excluding steroid dienone is 1. The van der Waals surface area contributed by atoms with E-state index in [0.717, 1.165) is 49.9 Å². The summed E-state index contributed by atoms with van der Waals surface area (Å²) in [6.07, 6.45) is 17.9. The van der Waals surface area contributed by atoms with Gasteiger partial charge in [0.25, 0.3) is 0 Å². The van der Waals surface area contributed by atoms with E-state index in [9.17, 15) is 10.2 Å². The molecular weight excluding hydrogens is 392 g/mol. The topological polar surface area (TPSA) is 40.5 Å². The molecule has 0 spiro atoms. The van der Waals surface area contributed by atoms with Gasteiger partial charge in [0.05, 0.1) is 11.2 Å². The van der Waals surface area contributed by atoms with Crippen LogP contribution in [0.15, 0.2) is 24.3 Å². The highest BCUT2D eigenvalue weighted by atomic mass is 16.3. The van der Waals surface area contributed by atoms with Gasteiger partial charge in [-0.3, -0.25) is 0 Å². The van der Waals surface area contributed by atoms with Gasteiger partial charge >= 0.3 is 0 Å². The lowest BCUT2D eigenvalue weighted by atomic mass is 9.53. The summed E-state index contributed by atoms with van der Waals surface area (Å²) in [4.78, 5) is 0.